The third-order valence-electron chi connectivity index (χ3n) is 3.59. The number of allylic oxidation sites excluding steroid dienone is 3. The summed E-state index contributed by atoms with van der Waals surface area (Å²) < 4.78 is 55.3. The Morgan fingerprint density at radius 1 is 1.18 bits per heavy atom. The molecular formula is C22H17F4NS. The average Bonchev–Trinajstić information content (AvgIpc) is 2.67. The number of rotatable bonds is 7. The molecule has 0 saturated carbocycles. The minimum absolute atomic E-state index is 0.278. The molecule has 0 bridgehead atoms. The first-order valence-corrected chi connectivity index (χ1v) is 9.19. The van der Waals surface area contributed by atoms with Crippen LogP contribution < -0.4 is 0 Å². The smallest absolute Gasteiger partial charge is 0.254 e. The molecule has 6 heteroatoms. The molecule has 1 nitrogen and oxygen atoms in total. The fraction of sp³-hybridized carbons (Fsp3) is 0.136. The van der Waals surface area contributed by atoms with Gasteiger partial charge < -0.3 is 0 Å². The van der Waals surface area contributed by atoms with Crippen LogP contribution in [-0.4, -0.2) is 10.7 Å². The summed E-state index contributed by atoms with van der Waals surface area (Å²) >= 11 is 1.47. The Morgan fingerprint density at radius 3 is 2.57 bits per heavy atom. The fourth-order valence-corrected chi connectivity index (χ4v) is 2.85. The lowest BCUT2D eigenvalue weighted by Gasteiger charge is -2.16. The van der Waals surface area contributed by atoms with Gasteiger partial charge in [0.25, 0.3) is 5.92 Å². The zero-order chi connectivity index (χ0) is 20.6. The molecule has 0 saturated heterocycles. The topological polar surface area (TPSA) is 12.9 Å². The minimum Gasteiger partial charge on any atom is -0.254 e. The molecule has 1 aromatic carbocycles. The van der Waals surface area contributed by atoms with Crippen LogP contribution in [-0.2, 0) is 12.3 Å². The largest absolute Gasteiger partial charge is 0.293 e. The standard InChI is InChI=1S/C22H17F4NS/c1-3-6-19(4-2)28-12-5-7-16-8-11-21(27-15-16)22(25,26)14-17-9-10-18(23)13-20(17)24/h3-4,6,8-11,13,15H,1-2,12,14H2/b19-6-. The van der Waals surface area contributed by atoms with E-state index in [1.165, 1.54) is 24.0 Å². The lowest BCUT2D eigenvalue weighted by Crippen LogP contribution is -2.19. The number of aromatic nitrogens is 1. The molecule has 0 unspecified atom stereocenters. The number of pyridine rings is 1. The van der Waals surface area contributed by atoms with Crippen molar-refractivity contribution >= 4 is 11.8 Å². The van der Waals surface area contributed by atoms with Gasteiger partial charge in [-0.25, -0.2) is 8.78 Å². The molecule has 0 atom stereocenters. The highest BCUT2D eigenvalue weighted by atomic mass is 32.2. The van der Waals surface area contributed by atoms with E-state index in [1.807, 2.05) is 6.08 Å². The molecular weight excluding hydrogens is 386 g/mol. The summed E-state index contributed by atoms with van der Waals surface area (Å²) in [7, 11) is 0. The first-order chi connectivity index (χ1) is 13.4. The molecule has 2 rings (SSSR count). The molecule has 28 heavy (non-hydrogen) atoms. The Kier molecular flexibility index (Phi) is 7.65. The molecule has 144 valence electrons. The normalized spacial score (nSPS) is 11.5. The summed E-state index contributed by atoms with van der Waals surface area (Å²) in [5.41, 5.74) is -0.292. The van der Waals surface area contributed by atoms with Crippen molar-refractivity contribution in [3.63, 3.8) is 0 Å². The van der Waals surface area contributed by atoms with Crippen molar-refractivity contribution in [1.29, 1.82) is 0 Å². The molecule has 0 N–H and O–H groups in total. The van der Waals surface area contributed by atoms with E-state index in [1.54, 1.807) is 12.2 Å². The van der Waals surface area contributed by atoms with Crippen molar-refractivity contribution in [1.82, 2.24) is 4.98 Å². The van der Waals surface area contributed by atoms with Crippen molar-refractivity contribution in [3.8, 4) is 11.8 Å². The van der Waals surface area contributed by atoms with Gasteiger partial charge in [-0.3, -0.25) is 4.98 Å². The van der Waals surface area contributed by atoms with Crippen molar-refractivity contribution in [2.45, 2.75) is 12.3 Å². The van der Waals surface area contributed by atoms with Crippen molar-refractivity contribution < 1.29 is 17.6 Å². The molecule has 1 aromatic heterocycles. The van der Waals surface area contributed by atoms with Gasteiger partial charge >= 0.3 is 0 Å². The monoisotopic (exact) mass is 403 g/mol. The summed E-state index contributed by atoms with van der Waals surface area (Å²) in [4.78, 5) is 4.68. The SMILES string of the molecule is C=C/C=C(/C=C)SCC#Cc1ccc(C(F)(F)Cc2ccc(F)cc2F)nc1. The highest BCUT2D eigenvalue weighted by Gasteiger charge is 2.34. The summed E-state index contributed by atoms with van der Waals surface area (Å²) in [6, 6.07) is 5.13. The Hall–Kier alpha value is -2.78. The van der Waals surface area contributed by atoms with E-state index in [9.17, 15) is 17.6 Å². The maximum atomic E-state index is 14.4. The van der Waals surface area contributed by atoms with Gasteiger partial charge in [-0.05, 0) is 29.8 Å². The molecule has 0 fully saturated rings. The quantitative estimate of drug-likeness (QED) is 0.318. The molecule has 0 spiro atoms. The van der Waals surface area contributed by atoms with Gasteiger partial charge in [-0.15, -0.1) is 11.8 Å². The van der Waals surface area contributed by atoms with Gasteiger partial charge in [-0.1, -0.05) is 43.2 Å². The molecule has 2 aromatic rings. The Bertz CT molecular complexity index is 937. The molecule has 0 aliphatic rings. The van der Waals surface area contributed by atoms with Crippen molar-refractivity contribution in [3.05, 3.63) is 101 Å². The van der Waals surface area contributed by atoms with E-state index in [-0.39, 0.29) is 5.56 Å². The van der Waals surface area contributed by atoms with Crippen LogP contribution in [0.5, 0.6) is 0 Å². The van der Waals surface area contributed by atoms with Crippen LogP contribution in [0, 0.1) is 23.5 Å². The van der Waals surface area contributed by atoms with Crippen molar-refractivity contribution in [2.24, 2.45) is 0 Å². The summed E-state index contributed by atoms with van der Waals surface area (Å²) in [5.74, 6) is 1.03. The van der Waals surface area contributed by atoms with E-state index in [0.717, 1.165) is 23.1 Å². The number of hydrogen-bond acceptors (Lipinski definition) is 2. The maximum absolute atomic E-state index is 14.4. The van der Waals surface area contributed by atoms with Gasteiger partial charge in [0.2, 0.25) is 0 Å². The number of hydrogen-bond donors (Lipinski definition) is 0. The van der Waals surface area contributed by atoms with Gasteiger partial charge in [0.1, 0.15) is 17.3 Å². The maximum Gasteiger partial charge on any atom is 0.293 e. The van der Waals surface area contributed by atoms with Crippen LogP contribution in [0.4, 0.5) is 17.6 Å². The third-order valence-corrected chi connectivity index (χ3v) is 4.52. The zero-order valence-electron chi connectivity index (χ0n) is 14.9. The van der Waals surface area contributed by atoms with Crippen LogP contribution in [0.25, 0.3) is 0 Å². The molecule has 0 aliphatic carbocycles. The number of nitrogens with zero attached hydrogens (tertiary/aromatic N) is 1. The second-order valence-corrected chi connectivity index (χ2v) is 6.70. The van der Waals surface area contributed by atoms with E-state index in [0.29, 0.717) is 17.4 Å². The lowest BCUT2D eigenvalue weighted by molar-refractivity contribution is -0.00915. The van der Waals surface area contributed by atoms with Crippen LogP contribution in [0.3, 0.4) is 0 Å². The van der Waals surface area contributed by atoms with E-state index in [4.69, 9.17) is 0 Å². The first kappa shape index (κ1) is 21.5. The second-order valence-electron chi connectivity index (χ2n) is 5.65. The zero-order valence-corrected chi connectivity index (χ0v) is 15.7. The van der Waals surface area contributed by atoms with Crippen LogP contribution in [0.1, 0.15) is 16.8 Å². The van der Waals surface area contributed by atoms with Gasteiger partial charge in [0.15, 0.2) is 0 Å². The predicted octanol–water partition coefficient (Wildman–Crippen LogP) is 6.03. The Balaban J connectivity index is 2.05. The number of halogens is 4. The molecule has 0 aliphatic heterocycles. The average molecular weight is 403 g/mol. The second kappa shape index (κ2) is 9.95. The van der Waals surface area contributed by atoms with Gasteiger partial charge in [0.05, 0.1) is 5.75 Å². The van der Waals surface area contributed by atoms with Crippen LogP contribution in [0.2, 0.25) is 0 Å². The van der Waals surface area contributed by atoms with E-state index >= 15 is 0 Å². The minimum atomic E-state index is -3.39. The summed E-state index contributed by atoms with van der Waals surface area (Å²) in [6.45, 7) is 7.29. The summed E-state index contributed by atoms with van der Waals surface area (Å²) in [5, 5.41) is 0. The number of benzene rings is 1. The van der Waals surface area contributed by atoms with Crippen molar-refractivity contribution in [2.75, 3.05) is 5.75 Å². The van der Waals surface area contributed by atoms with Crippen LogP contribution >= 0.6 is 11.8 Å². The van der Waals surface area contributed by atoms with Gasteiger partial charge in [0, 0.05) is 29.2 Å². The van der Waals surface area contributed by atoms with E-state index < -0.39 is 29.7 Å². The Labute approximate surface area is 165 Å². The van der Waals surface area contributed by atoms with E-state index in [2.05, 4.69) is 30.0 Å². The fourth-order valence-electron chi connectivity index (χ4n) is 2.23. The highest BCUT2D eigenvalue weighted by molar-refractivity contribution is 8.03. The highest BCUT2D eigenvalue weighted by Crippen LogP contribution is 2.31. The van der Waals surface area contributed by atoms with Crippen LogP contribution in [0.15, 0.2) is 72.8 Å². The number of thioether (sulfide) groups is 1. The Morgan fingerprint density at radius 2 is 1.96 bits per heavy atom. The lowest BCUT2D eigenvalue weighted by atomic mass is 10.0. The number of alkyl halides is 2. The predicted molar refractivity (Wildman–Crippen MR) is 106 cm³/mol. The third kappa shape index (κ3) is 6.14. The molecule has 0 amide bonds. The van der Waals surface area contributed by atoms with Gasteiger partial charge in [-0.2, -0.15) is 8.78 Å². The molecule has 0 radical (unpaired) electrons. The molecule has 1 heterocycles. The first-order valence-electron chi connectivity index (χ1n) is 8.21. The summed E-state index contributed by atoms with van der Waals surface area (Å²) in [6.07, 6.45) is 5.49.